The van der Waals surface area contributed by atoms with E-state index < -0.39 is 17.4 Å². The third-order valence-corrected chi connectivity index (χ3v) is 9.01. The Kier molecular flexibility index (Phi) is 14.2. The molecular weight excluding hydrogens is 654 g/mol. The van der Waals surface area contributed by atoms with Crippen LogP contribution in [0.1, 0.15) is 81.3 Å². The summed E-state index contributed by atoms with van der Waals surface area (Å²) in [6.45, 7) is 13.4. The quantitative estimate of drug-likeness (QED) is 0.0822. The number of rotatable bonds is 20. The number of unbranched alkanes of at least 4 members (excludes halogenated alkanes) is 3. The summed E-state index contributed by atoms with van der Waals surface area (Å²) in [4.78, 5) is 18.2. The zero-order chi connectivity index (χ0) is 34.6. The summed E-state index contributed by atoms with van der Waals surface area (Å²) >= 11 is 4.41. The number of hydrogen-bond acceptors (Lipinski definition) is 7. The van der Waals surface area contributed by atoms with E-state index in [2.05, 4.69) is 27.0 Å². The lowest BCUT2D eigenvalue weighted by molar-refractivity contribution is -0.123. The number of nitrogens with zero attached hydrogens (tertiary/aromatic N) is 2. The highest BCUT2D eigenvalue weighted by atomic mass is 35.5. The van der Waals surface area contributed by atoms with Gasteiger partial charge in [-0.15, -0.1) is 0 Å². The summed E-state index contributed by atoms with van der Waals surface area (Å²) in [5, 5.41) is 6.77. The van der Waals surface area contributed by atoms with E-state index in [4.69, 9.17) is 30.0 Å². The number of nitrogens with one attached hydrogen (secondary N) is 3. The van der Waals surface area contributed by atoms with E-state index in [0.717, 1.165) is 42.4 Å². The van der Waals surface area contributed by atoms with Crippen LogP contribution in [-0.4, -0.2) is 57.2 Å². The van der Waals surface area contributed by atoms with Gasteiger partial charge < -0.3 is 23.7 Å². The molecule has 11 nitrogen and oxygen atoms in total. The van der Waals surface area contributed by atoms with Crippen molar-refractivity contribution in [1.29, 1.82) is 0 Å². The molecule has 0 aliphatic heterocycles. The van der Waals surface area contributed by atoms with Crippen molar-refractivity contribution in [1.82, 2.24) is 19.3 Å². The smallest absolute Gasteiger partial charge is 0.288 e. The van der Waals surface area contributed by atoms with E-state index in [1.54, 1.807) is 22.7 Å². The van der Waals surface area contributed by atoms with Gasteiger partial charge in [-0.3, -0.25) is 9.89 Å². The van der Waals surface area contributed by atoms with Crippen LogP contribution in [0.25, 0.3) is 5.65 Å². The predicted octanol–water partition coefficient (Wildman–Crippen LogP) is 7.36. The Hall–Kier alpha value is -3.58. The average molecular weight is 702 g/mol. The largest absolute Gasteiger partial charge is 0.487 e. The maximum Gasteiger partial charge on any atom is 0.288 e. The molecule has 1 amide bonds. The second-order valence-electron chi connectivity index (χ2n) is 11.9. The highest BCUT2D eigenvalue weighted by molar-refractivity contribution is 7.78. The van der Waals surface area contributed by atoms with Gasteiger partial charge in [0.05, 0.1) is 11.6 Å². The van der Waals surface area contributed by atoms with Gasteiger partial charge in [0, 0.05) is 37.0 Å². The number of halogens is 1. The zero-order valence-corrected chi connectivity index (χ0v) is 30.3. The first-order chi connectivity index (χ1) is 23.1. The van der Waals surface area contributed by atoms with Gasteiger partial charge in [0.2, 0.25) is 0 Å². The summed E-state index contributed by atoms with van der Waals surface area (Å²) in [7, 11) is 0. The Morgan fingerprint density at radius 2 is 1.81 bits per heavy atom. The van der Waals surface area contributed by atoms with Gasteiger partial charge in [-0.2, -0.15) is 4.21 Å². The fraction of sp³-hybridized carbons (Fsp3) is 0.486. The zero-order valence-electron chi connectivity index (χ0n) is 28.7. The van der Waals surface area contributed by atoms with E-state index in [0.29, 0.717) is 59.9 Å². The number of aryl methyl sites for hydroxylation is 3. The van der Waals surface area contributed by atoms with Crippen LogP contribution < -0.4 is 23.7 Å². The number of carbonyl (C=O) groups is 1. The summed E-state index contributed by atoms with van der Waals surface area (Å²) in [6, 6.07) is 10.9. The highest BCUT2D eigenvalue weighted by Gasteiger charge is 2.23. The van der Waals surface area contributed by atoms with Crippen LogP contribution in [0.15, 0.2) is 42.6 Å². The van der Waals surface area contributed by atoms with Gasteiger partial charge in [0.25, 0.3) is 17.2 Å². The van der Waals surface area contributed by atoms with Crippen molar-refractivity contribution in [2.24, 2.45) is 0 Å². The van der Waals surface area contributed by atoms with E-state index in [1.165, 1.54) is 0 Å². The highest BCUT2D eigenvalue weighted by Crippen LogP contribution is 2.32. The Morgan fingerprint density at radius 1 is 1.02 bits per heavy atom. The second kappa shape index (κ2) is 18.3. The Bertz CT molecular complexity index is 1670. The van der Waals surface area contributed by atoms with Crippen LogP contribution in [-0.2, 0) is 20.8 Å². The summed E-state index contributed by atoms with van der Waals surface area (Å²) < 4.78 is 41.2. The lowest BCUT2D eigenvalue weighted by atomic mass is 10.1. The second-order valence-corrected chi connectivity index (χ2v) is 13.2. The number of carbonyl (C=O) groups excluding carboxylic acids is 1. The van der Waals surface area contributed by atoms with Crippen LogP contribution in [0.4, 0.5) is 5.69 Å². The minimum Gasteiger partial charge on any atom is -0.487 e. The van der Waals surface area contributed by atoms with Gasteiger partial charge in [-0.05, 0) is 69.9 Å². The molecule has 0 bridgehead atoms. The summed E-state index contributed by atoms with van der Waals surface area (Å²) in [5.74, 6) is 1.53. The Morgan fingerprint density at radius 3 is 2.54 bits per heavy atom. The summed E-state index contributed by atoms with van der Waals surface area (Å²) in [6.07, 6.45) is 5.83. The molecule has 0 spiro atoms. The molecule has 4 rings (SSSR count). The molecule has 0 saturated heterocycles. The SMILES string of the molecule is CCCCCCC(Oc1ccc(C)cc1C)C(=O)Nc1ccc(OCCOCC)c(OS(=O)NCC(C)c2nc3c(Cl)c(C)cn3[nH]2)c1. The number of anilines is 1. The molecule has 0 fully saturated rings. The number of fused-ring (bicyclic) bond motifs is 1. The maximum absolute atomic E-state index is 13.6. The van der Waals surface area contributed by atoms with Crippen LogP contribution in [0.2, 0.25) is 5.02 Å². The van der Waals surface area contributed by atoms with Crippen molar-refractivity contribution < 1.29 is 27.4 Å². The first-order valence-electron chi connectivity index (χ1n) is 16.6. The molecule has 0 saturated carbocycles. The monoisotopic (exact) mass is 701 g/mol. The number of amides is 1. The molecule has 2 aromatic heterocycles. The van der Waals surface area contributed by atoms with Crippen molar-refractivity contribution in [3.05, 3.63) is 70.1 Å². The standard InChI is InChI=1S/C35H48ClN5O6S/c1-7-9-10-11-12-30(46-28-15-13-23(3)19-24(28)4)35(42)38-27-14-16-29(45-18-17-44-8-2)31(20-27)47-48(43)37-21-25(5)33-39-34-32(36)26(6)22-41(34)40-33/h13-16,19-20,22,25,30,37H,7-12,17-18,21H2,1-6H3,(H,38,42)(H,39,40). The van der Waals surface area contributed by atoms with Crippen LogP contribution in [0.5, 0.6) is 17.2 Å². The molecular formula is C35H48ClN5O6S. The van der Waals surface area contributed by atoms with Gasteiger partial charge in [-0.1, -0.05) is 62.4 Å². The van der Waals surface area contributed by atoms with Crippen molar-refractivity contribution >= 4 is 40.1 Å². The van der Waals surface area contributed by atoms with E-state index in [1.807, 2.05) is 59.0 Å². The normalized spacial score (nSPS) is 13.3. The molecule has 2 aromatic carbocycles. The average Bonchev–Trinajstić information content (AvgIpc) is 3.59. The van der Waals surface area contributed by atoms with E-state index in [9.17, 15) is 9.00 Å². The fourth-order valence-electron chi connectivity index (χ4n) is 5.10. The van der Waals surface area contributed by atoms with Crippen molar-refractivity contribution in [2.75, 3.05) is 31.7 Å². The van der Waals surface area contributed by atoms with Crippen molar-refractivity contribution in [3.63, 3.8) is 0 Å². The van der Waals surface area contributed by atoms with Gasteiger partial charge in [0.15, 0.2) is 23.3 Å². The molecule has 3 atom stereocenters. The van der Waals surface area contributed by atoms with Gasteiger partial charge >= 0.3 is 0 Å². The number of benzene rings is 2. The molecule has 4 aromatic rings. The molecule has 3 unspecified atom stereocenters. The lowest BCUT2D eigenvalue weighted by Gasteiger charge is -2.21. The molecule has 2 heterocycles. The predicted molar refractivity (Wildman–Crippen MR) is 191 cm³/mol. The number of aromatic amines is 1. The van der Waals surface area contributed by atoms with Crippen LogP contribution in [0, 0.1) is 20.8 Å². The lowest BCUT2D eigenvalue weighted by Crippen LogP contribution is -2.33. The number of H-pyrrole nitrogens is 1. The molecule has 262 valence electrons. The van der Waals surface area contributed by atoms with Crippen LogP contribution in [0.3, 0.4) is 0 Å². The Labute approximate surface area is 290 Å². The van der Waals surface area contributed by atoms with E-state index >= 15 is 0 Å². The number of ether oxygens (including phenoxy) is 3. The first kappa shape index (κ1) is 37.2. The minimum atomic E-state index is -1.94. The molecule has 3 N–H and O–H groups in total. The first-order valence-corrected chi connectivity index (χ1v) is 18.0. The van der Waals surface area contributed by atoms with Crippen molar-refractivity contribution in [3.8, 4) is 17.2 Å². The minimum absolute atomic E-state index is 0.132. The molecule has 0 aliphatic rings. The Balaban J connectivity index is 1.45. The van der Waals surface area contributed by atoms with E-state index in [-0.39, 0.29) is 24.2 Å². The third kappa shape index (κ3) is 10.5. The van der Waals surface area contributed by atoms with Gasteiger partial charge in [0.1, 0.15) is 18.2 Å². The summed E-state index contributed by atoms with van der Waals surface area (Å²) in [5.41, 5.74) is 4.12. The third-order valence-electron chi connectivity index (χ3n) is 7.81. The molecule has 0 radical (unpaired) electrons. The van der Waals surface area contributed by atoms with Crippen molar-refractivity contribution in [2.45, 2.75) is 85.7 Å². The molecule has 48 heavy (non-hydrogen) atoms. The molecule has 0 aliphatic carbocycles. The van der Waals surface area contributed by atoms with Gasteiger partial charge in [-0.25, -0.2) is 14.2 Å². The number of hydrogen-bond donors (Lipinski definition) is 3. The fourth-order valence-corrected chi connectivity index (χ4v) is 6.02. The maximum atomic E-state index is 13.6. The number of aromatic nitrogens is 3. The van der Waals surface area contributed by atoms with Crippen LogP contribution >= 0.6 is 11.6 Å². The molecule has 13 heteroatoms. The topological polar surface area (TPSA) is 128 Å².